The van der Waals surface area contributed by atoms with Crippen molar-refractivity contribution in [3.05, 3.63) is 52.8 Å². The Hall–Kier alpha value is -2.54. The number of nitrogens with zero attached hydrogens (tertiary/aromatic N) is 3. The number of hydrogen-bond acceptors (Lipinski definition) is 7. The van der Waals surface area contributed by atoms with Crippen LogP contribution in [0.5, 0.6) is 0 Å². The topological polar surface area (TPSA) is 102 Å². The highest BCUT2D eigenvalue weighted by atomic mass is 35.5. The van der Waals surface area contributed by atoms with Crippen molar-refractivity contribution < 1.29 is 27.1 Å². The molecule has 13 heteroatoms. The summed E-state index contributed by atoms with van der Waals surface area (Å²) in [6.45, 7) is 0. The van der Waals surface area contributed by atoms with Crippen LogP contribution in [0, 0.1) is 0 Å². The second-order valence-electron chi connectivity index (χ2n) is 8.42. The Morgan fingerprint density at radius 1 is 1.24 bits per heavy atom. The van der Waals surface area contributed by atoms with Gasteiger partial charge in [0.2, 0.25) is 17.7 Å². The first-order valence-corrected chi connectivity index (χ1v) is 13.1. The number of nitrogens with one attached hydrogen (secondary N) is 2. The first kappa shape index (κ1) is 23.2. The highest BCUT2D eigenvalue weighted by Gasteiger charge is 2.42. The molecule has 2 aliphatic rings. The van der Waals surface area contributed by atoms with Crippen LogP contribution in [0.4, 0.5) is 13.2 Å². The van der Waals surface area contributed by atoms with Gasteiger partial charge in [-0.2, -0.15) is 0 Å². The van der Waals surface area contributed by atoms with Crippen molar-refractivity contribution in [3.8, 4) is 0 Å². The van der Waals surface area contributed by atoms with Crippen molar-refractivity contribution in [1.29, 1.82) is 0 Å². The van der Waals surface area contributed by atoms with E-state index in [9.17, 15) is 18.0 Å². The summed E-state index contributed by atoms with van der Waals surface area (Å²) in [5, 5.41) is 12.9. The Morgan fingerprint density at radius 3 is 2.76 bits per heavy atom. The Balaban J connectivity index is 1.12. The van der Waals surface area contributed by atoms with Gasteiger partial charge in [-0.1, -0.05) is 17.7 Å². The third kappa shape index (κ3) is 5.24. The summed E-state index contributed by atoms with van der Waals surface area (Å²) in [5.74, 6) is 0.371. The van der Waals surface area contributed by atoms with E-state index in [4.69, 9.17) is 16.0 Å². The van der Waals surface area contributed by atoms with E-state index in [2.05, 4.69) is 30.2 Å². The SMILES string of the molecule is O=C(N[Si]1CC[C@H](c2nnc(C3CC(OC(F)(F)F)C3)o2)NC1)c1cnc2cc(Cl)ccc2c1. The molecule has 179 valence electrons. The van der Waals surface area contributed by atoms with Crippen LogP contribution < -0.4 is 10.3 Å². The molecule has 0 spiro atoms. The molecule has 1 atom stereocenters. The van der Waals surface area contributed by atoms with Crippen LogP contribution in [0.15, 0.2) is 34.9 Å². The summed E-state index contributed by atoms with van der Waals surface area (Å²) in [6, 6.07) is 7.77. The van der Waals surface area contributed by atoms with Gasteiger partial charge in [0.05, 0.1) is 23.2 Å². The average Bonchev–Trinajstić information content (AvgIpc) is 3.25. The summed E-state index contributed by atoms with van der Waals surface area (Å²) in [4.78, 5) is 20.1. The van der Waals surface area contributed by atoms with Gasteiger partial charge in [-0.3, -0.25) is 14.5 Å². The summed E-state index contributed by atoms with van der Waals surface area (Å²) < 4.78 is 46.6. The number of ether oxygens (including phenoxy) is 1. The molecule has 3 aromatic rings. The first-order valence-electron chi connectivity index (χ1n) is 10.8. The van der Waals surface area contributed by atoms with Crippen LogP contribution in [0.3, 0.4) is 0 Å². The van der Waals surface area contributed by atoms with Gasteiger partial charge in [-0.05, 0) is 43.5 Å². The number of hydrogen-bond donors (Lipinski definition) is 2. The maximum Gasteiger partial charge on any atom is 0.522 e. The lowest BCUT2D eigenvalue weighted by Crippen LogP contribution is -2.50. The lowest BCUT2D eigenvalue weighted by molar-refractivity contribution is -0.352. The van der Waals surface area contributed by atoms with E-state index >= 15 is 0 Å². The molecule has 1 radical (unpaired) electrons. The predicted molar refractivity (Wildman–Crippen MR) is 117 cm³/mol. The highest BCUT2D eigenvalue weighted by Crippen LogP contribution is 2.41. The number of fused-ring (bicyclic) bond motifs is 1. The second kappa shape index (κ2) is 9.25. The van der Waals surface area contributed by atoms with E-state index in [0.29, 0.717) is 35.0 Å². The molecule has 8 nitrogen and oxygen atoms in total. The molecule has 1 aliphatic carbocycles. The number of benzene rings is 1. The molecule has 0 unspecified atom stereocenters. The quantitative estimate of drug-likeness (QED) is 0.499. The molecule has 1 saturated carbocycles. The van der Waals surface area contributed by atoms with Crippen molar-refractivity contribution in [2.24, 2.45) is 0 Å². The lowest BCUT2D eigenvalue weighted by atomic mass is 9.82. The van der Waals surface area contributed by atoms with Crippen molar-refractivity contribution >= 4 is 37.4 Å². The van der Waals surface area contributed by atoms with E-state index in [0.717, 1.165) is 16.9 Å². The average molecular weight is 511 g/mol. The minimum atomic E-state index is -4.63. The normalized spacial score (nSPS) is 23.6. The number of alkyl halides is 3. The van der Waals surface area contributed by atoms with Crippen LogP contribution in [0.25, 0.3) is 10.9 Å². The third-order valence-electron chi connectivity index (χ3n) is 5.99. The van der Waals surface area contributed by atoms with Crippen LogP contribution in [0.1, 0.15) is 53.4 Å². The second-order valence-corrected chi connectivity index (χ2v) is 11.2. The van der Waals surface area contributed by atoms with Crippen LogP contribution in [0.2, 0.25) is 11.1 Å². The zero-order chi connectivity index (χ0) is 23.9. The summed E-state index contributed by atoms with van der Waals surface area (Å²) in [7, 11) is -1.19. The molecule has 1 saturated heterocycles. The number of rotatable bonds is 5. The number of amides is 1. The van der Waals surface area contributed by atoms with E-state index in [-0.39, 0.29) is 30.7 Å². The molecule has 34 heavy (non-hydrogen) atoms. The largest absolute Gasteiger partial charge is 0.522 e. The molecule has 1 aliphatic heterocycles. The van der Waals surface area contributed by atoms with E-state index < -0.39 is 21.4 Å². The van der Waals surface area contributed by atoms with E-state index in [1.807, 2.05) is 6.07 Å². The zero-order valence-corrected chi connectivity index (χ0v) is 19.5. The zero-order valence-electron chi connectivity index (χ0n) is 17.7. The maximum atomic E-state index is 12.7. The predicted octanol–water partition coefficient (Wildman–Crippen LogP) is 4.05. The number of halogens is 4. The van der Waals surface area contributed by atoms with Crippen LogP contribution in [-0.4, -0.2) is 48.7 Å². The van der Waals surface area contributed by atoms with E-state index in [1.54, 1.807) is 24.4 Å². The molecular formula is C21H20ClF3N5O3Si. The van der Waals surface area contributed by atoms with Gasteiger partial charge in [0, 0.05) is 28.7 Å². The van der Waals surface area contributed by atoms with Gasteiger partial charge < -0.3 is 14.7 Å². The molecule has 1 aromatic carbocycles. The lowest BCUT2D eigenvalue weighted by Gasteiger charge is -2.33. The fraction of sp³-hybridized carbons (Fsp3) is 0.429. The first-order chi connectivity index (χ1) is 16.2. The van der Waals surface area contributed by atoms with Gasteiger partial charge in [-0.15, -0.1) is 23.4 Å². The van der Waals surface area contributed by atoms with Crippen LogP contribution in [-0.2, 0) is 4.74 Å². The fourth-order valence-electron chi connectivity index (χ4n) is 4.13. The van der Waals surface area contributed by atoms with Crippen molar-refractivity contribution in [2.75, 3.05) is 6.17 Å². The third-order valence-corrected chi connectivity index (χ3v) is 8.33. The number of carbonyl (C=O) groups is 1. The van der Waals surface area contributed by atoms with Crippen molar-refractivity contribution in [1.82, 2.24) is 25.5 Å². The van der Waals surface area contributed by atoms with Gasteiger partial charge in [0.25, 0.3) is 0 Å². The monoisotopic (exact) mass is 510 g/mol. The van der Waals surface area contributed by atoms with Crippen molar-refractivity contribution in [2.45, 2.75) is 49.7 Å². The van der Waals surface area contributed by atoms with Gasteiger partial charge in [0.1, 0.15) is 0 Å². The summed E-state index contributed by atoms with van der Waals surface area (Å²) >= 11 is 5.98. The molecule has 0 bridgehead atoms. The molecule has 5 rings (SSSR count). The van der Waals surface area contributed by atoms with E-state index in [1.165, 1.54) is 0 Å². The van der Waals surface area contributed by atoms with Gasteiger partial charge >= 0.3 is 6.36 Å². The highest BCUT2D eigenvalue weighted by molar-refractivity contribution is 6.60. The van der Waals surface area contributed by atoms with Gasteiger partial charge in [0.15, 0.2) is 8.96 Å². The Kier molecular flexibility index (Phi) is 6.31. The number of pyridine rings is 1. The summed E-state index contributed by atoms with van der Waals surface area (Å²) in [5.41, 5.74) is 1.22. The molecular weight excluding hydrogens is 491 g/mol. The van der Waals surface area contributed by atoms with Crippen LogP contribution >= 0.6 is 11.6 Å². The fourth-order valence-corrected chi connectivity index (χ4v) is 6.28. The smallest absolute Gasteiger partial charge is 0.423 e. The number of carbonyl (C=O) groups excluding carboxylic acids is 1. The minimum Gasteiger partial charge on any atom is -0.423 e. The standard InChI is InChI=1S/C21H20ClF3N5O3Si/c22-14-2-1-11-5-13(9-26-17(11)8-14)18(31)30-34-4-3-16(27-10-34)20-29-28-19(32-20)12-6-15(7-12)33-21(23,24)25/h1-2,5,8-9,12,15-16,27H,3-4,6-7,10H2,(H,30,31)/t12?,15?,16-/m1/s1. The van der Waals surface area contributed by atoms with Gasteiger partial charge in [-0.25, -0.2) is 0 Å². The molecule has 1 amide bonds. The molecule has 2 fully saturated rings. The molecule has 2 aromatic heterocycles. The Bertz CT molecular complexity index is 1200. The molecule has 2 N–H and O–H groups in total. The summed E-state index contributed by atoms with van der Waals surface area (Å²) in [6.07, 6.45) is -2.23. The van der Waals surface area contributed by atoms with Crippen molar-refractivity contribution in [3.63, 3.8) is 0 Å². The minimum absolute atomic E-state index is 0.152. The maximum absolute atomic E-state index is 12.7. The number of aromatic nitrogens is 3. The molecule has 3 heterocycles. The Morgan fingerprint density at radius 2 is 2.03 bits per heavy atom. The Labute approximate surface area is 198 Å².